The topological polar surface area (TPSA) is 21.6 Å². The van der Waals surface area contributed by atoms with Gasteiger partial charge in [-0.3, -0.25) is 0 Å². The molecule has 1 aliphatic rings. The van der Waals surface area contributed by atoms with E-state index in [1.54, 1.807) is 6.07 Å². The first-order valence-electron chi connectivity index (χ1n) is 4.33. The largest absolute Gasteiger partial charge is 0.416 e. The van der Waals surface area contributed by atoms with Gasteiger partial charge < -0.3 is 4.84 Å². The fraction of sp³-hybridized carbons (Fsp3) is 0.300. The van der Waals surface area contributed by atoms with Crippen molar-refractivity contribution < 1.29 is 18.0 Å². The molecule has 0 saturated heterocycles. The third-order valence-corrected chi connectivity index (χ3v) is 2.11. The van der Waals surface area contributed by atoms with Crippen molar-refractivity contribution in [2.45, 2.75) is 18.7 Å². The van der Waals surface area contributed by atoms with E-state index in [1.807, 2.05) is 0 Å². The van der Waals surface area contributed by atoms with Gasteiger partial charge in [0.15, 0.2) is 6.10 Å². The number of nitrogens with zero attached hydrogens (tertiary/aromatic N) is 1. The lowest BCUT2D eigenvalue weighted by Crippen LogP contribution is -2.06. The SMILES string of the molecule is FC(F)(F)c1cccc(C2C[C]=NO2)c1. The van der Waals surface area contributed by atoms with E-state index in [-0.39, 0.29) is 0 Å². The summed E-state index contributed by atoms with van der Waals surface area (Å²) in [5.74, 6) is 0. The second-order valence-corrected chi connectivity index (χ2v) is 3.17. The zero-order chi connectivity index (χ0) is 10.9. The Bertz CT molecular complexity index is 378. The maximum atomic E-state index is 12.4. The van der Waals surface area contributed by atoms with E-state index in [2.05, 4.69) is 11.4 Å². The molecule has 1 aromatic rings. The van der Waals surface area contributed by atoms with E-state index in [4.69, 9.17) is 4.84 Å². The van der Waals surface area contributed by atoms with Gasteiger partial charge in [-0.25, -0.2) is 0 Å². The van der Waals surface area contributed by atoms with E-state index in [0.717, 1.165) is 12.1 Å². The maximum absolute atomic E-state index is 12.4. The fourth-order valence-electron chi connectivity index (χ4n) is 1.35. The Morgan fingerprint density at radius 3 is 2.80 bits per heavy atom. The van der Waals surface area contributed by atoms with Gasteiger partial charge in [0, 0.05) is 6.42 Å². The second-order valence-electron chi connectivity index (χ2n) is 3.17. The predicted molar refractivity (Wildman–Crippen MR) is 47.3 cm³/mol. The van der Waals surface area contributed by atoms with Gasteiger partial charge in [0.05, 0.1) is 5.56 Å². The van der Waals surface area contributed by atoms with E-state index in [0.29, 0.717) is 12.0 Å². The lowest BCUT2D eigenvalue weighted by Gasteiger charge is -2.11. The third kappa shape index (κ3) is 2.11. The van der Waals surface area contributed by atoms with Crippen molar-refractivity contribution in [2.24, 2.45) is 5.16 Å². The van der Waals surface area contributed by atoms with Crippen LogP contribution in [0.3, 0.4) is 0 Å². The lowest BCUT2D eigenvalue weighted by atomic mass is 10.0. The molecule has 0 aromatic heterocycles. The second kappa shape index (κ2) is 3.56. The molecule has 0 spiro atoms. The monoisotopic (exact) mass is 214 g/mol. The quantitative estimate of drug-likeness (QED) is 0.704. The number of halogens is 3. The highest BCUT2D eigenvalue weighted by Gasteiger charge is 2.31. The van der Waals surface area contributed by atoms with Crippen LogP contribution in [0.1, 0.15) is 23.7 Å². The van der Waals surface area contributed by atoms with Gasteiger partial charge in [0.2, 0.25) is 0 Å². The van der Waals surface area contributed by atoms with Crippen molar-refractivity contribution in [3.8, 4) is 0 Å². The number of rotatable bonds is 1. The molecule has 79 valence electrons. The van der Waals surface area contributed by atoms with Gasteiger partial charge in [0.1, 0.15) is 6.21 Å². The van der Waals surface area contributed by atoms with Gasteiger partial charge in [-0.05, 0) is 17.7 Å². The van der Waals surface area contributed by atoms with Crippen molar-refractivity contribution in [1.82, 2.24) is 0 Å². The number of hydrogen-bond acceptors (Lipinski definition) is 2. The summed E-state index contributed by atoms with van der Waals surface area (Å²) < 4.78 is 37.1. The number of hydrogen-bond donors (Lipinski definition) is 0. The Balaban J connectivity index is 2.26. The molecular weight excluding hydrogens is 207 g/mol. The third-order valence-electron chi connectivity index (χ3n) is 2.11. The average molecular weight is 214 g/mol. The molecular formula is C10H7F3NO. The molecule has 5 heteroatoms. The molecule has 2 nitrogen and oxygen atoms in total. The highest BCUT2D eigenvalue weighted by atomic mass is 19.4. The van der Waals surface area contributed by atoms with Crippen molar-refractivity contribution in [3.05, 3.63) is 35.4 Å². The highest BCUT2D eigenvalue weighted by molar-refractivity contribution is 5.59. The van der Waals surface area contributed by atoms with Crippen LogP contribution in [0.4, 0.5) is 13.2 Å². The smallest absolute Gasteiger partial charge is 0.387 e. The van der Waals surface area contributed by atoms with Gasteiger partial charge in [-0.2, -0.15) is 13.2 Å². The summed E-state index contributed by atoms with van der Waals surface area (Å²) in [5, 5.41) is 3.40. The fourth-order valence-corrected chi connectivity index (χ4v) is 1.35. The van der Waals surface area contributed by atoms with Crippen molar-refractivity contribution in [1.29, 1.82) is 0 Å². The van der Waals surface area contributed by atoms with Crippen LogP contribution in [-0.4, -0.2) is 6.21 Å². The molecule has 1 heterocycles. The lowest BCUT2D eigenvalue weighted by molar-refractivity contribution is -0.137. The van der Waals surface area contributed by atoms with Crippen LogP contribution in [-0.2, 0) is 11.0 Å². The van der Waals surface area contributed by atoms with Gasteiger partial charge in [-0.1, -0.05) is 17.3 Å². The summed E-state index contributed by atoms with van der Waals surface area (Å²) in [5.41, 5.74) is -0.200. The van der Waals surface area contributed by atoms with Crippen LogP contribution in [0.2, 0.25) is 0 Å². The van der Waals surface area contributed by atoms with Crippen molar-refractivity contribution in [2.75, 3.05) is 0 Å². The van der Waals surface area contributed by atoms with E-state index in [9.17, 15) is 13.2 Å². The Morgan fingerprint density at radius 2 is 2.20 bits per heavy atom. The zero-order valence-electron chi connectivity index (χ0n) is 7.58. The predicted octanol–water partition coefficient (Wildman–Crippen LogP) is 3.03. The molecule has 0 aliphatic carbocycles. The van der Waals surface area contributed by atoms with E-state index < -0.39 is 17.8 Å². The molecule has 0 bridgehead atoms. The summed E-state index contributed by atoms with van der Waals surface area (Å²) in [4.78, 5) is 4.85. The number of benzene rings is 1. The molecule has 1 aliphatic heterocycles. The van der Waals surface area contributed by atoms with Crippen LogP contribution in [0.15, 0.2) is 29.4 Å². The molecule has 0 saturated carbocycles. The molecule has 2 rings (SSSR count). The summed E-state index contributed by atoms with van der Waals surface area (Å²) in [6.07, 6.45) is -1.82. The van der Waals surface area contributed by atoms with Crippen molar-refractivity contribution in [3.63, 3.8) is 0 Å². The number of alkyl halides is 3. The summed E-state index contributed by atoms with van der Waals surface area (Å²) in [6.45, 7) is 0. The molecule has 1 aromatic carbocycles. The standard InChI is InChI=1S/C10H7F3NO/c11-10(12,13)8-3-1-2-7(6-8)9-4-5-14-15-9/h1-3,6,9H,4H2. The minimum atomic E-state index is -4.32. The molecule has 0 fully saturated rings. The summed E-state index contributed by atoms with van der Waals surface area (Å²) >= 11 is 0. The van der Waals surface area contributed by atoms with Crippen LogP contribution >= 0.6 is 0 Å². The average Bonchev–Trinajstić information content (AvgIpc) is 2.69. The molecule has 15 heavy (non-hydrogen) atoms. The first kappa shape index (κ1) is 10.0. The summed E-state index contributed by atoms with van der Waals surface area (Å²) in [7, 11) is 0. The Morgan fingerprint density at radius 1 is 1.40 bits per heavy atom. The van der Waals surface area contributed by atoms with E-state index >= 15 is 0 Å². The Labute approximate surface area is 84.3 Å². The van der Waals surface area contributed by atoms with E-state index in [1.165, 1.54) is 6.07 Å². The summed E-state index contributed by atoms with van der Waals surface area (Å²) in [6, 6.07) is 5.05. The maximum Gasteiger partial charge on any atom is 0.416 e. The Kier molecular flexibility index (Phi) is 2.38. The van der Waals surface area contributed by atoms with Crippen LogP contribution < -0.4 is 0 Å². The molecule has 1 atom stereocenters. The minimum Gasteiger partial charge on any atom is -0.387 e. The molecule has 1 unspecified atom stereocenters. The first-order chi connectivity index (χ1) is 7.07. The van der Waals surface area contributed by atoms with Gasteiger partial charge in [-0.15, -0.1) is 0 Å². The normalized spacial score (nSPS) is 20.3. The highest BCUT2D eigenvalue weighted by Crippen LogP contribution is 2.32. The zero-order valence-corrected chi connectivity index (χ0v) is 7.58. The molecule has 0 N–H and O–H groups in total. The molecule has 0 amide bonds. The van der Waals surface area contributed by atoms with Crippen LogP contribution in [0, 0.1) is 0 Å². The molecule has 1 radical (unpaired) electrons. The first-order valence-corrected chi connectivity index (χ1v) is 4.33. The van der Waals surface area contributed by atoms with Crippen LogP contribution in [0.5, 0.6) is 0 Å². The van der Waals surface area contributed by atoms with Crippen molar-refractivity contribution >= 4 is 6.21 Å². The van der Waals surface area contributed by atoms with Crippen LogP contribution in [0.25, 0.3) is 0 Å². The Hall–Kier alpha value is -1.52. The minimum absolute atomic E-state index is 0.390. The van der Waals surface area contributed by atoms with Gasteiger partial charge >= 0.3 is 6.18 Å². The van der Waals surface area contributed by atoms with Gasteiger partial charge in [0.25, 0.3) is 0 Å².